The van der Waals surface area contributed by atoms with Crippen molar-refractivity contribution in [2.45, 2.75) is 0 Å². The van der Waals surface area contributed by atoms with Crippen molar-refractivity contribution < 1.29 is 9.59 Å². The highest BCUT2D eigenvalue weighted by Gasteiger charge is 2.09. The molecule has 0 unspecified atom stereocenters. The second-order valence-electron chi connectivity index (χ2n) is 4.21. The van der Waals surface area contributed by atoms with Gasteiger partial charge in [-0.05, 0) is 18.2 Å². The molecule has 0 radical (unpaired) electrons. The Kier molecular flexibility index (Phi) is 3.37. The number of benzene rings is 1. The van der Waals surface area contributed by atoms with Crippen LogP contribution in [0.15, 0.2) is 43.0 Å². The number of nitrogens with zero attached hydrogens (tertiary/aromatic N) is 4. The third kappa shape index (κ3) is 2.36. The Labute approximate surface area is 124 Å². The minimum Gasteiger partial charge on any atom is -0.297 e. The molecule has 0 spiro atoms. The van der Waals surface area contributed by atoms with Crippen LogP contribution in [0.5, 0.6) is 0 Å². The second-order valence-corrected chi connectivity index (χ2v) is 4.65. The molecule has 7 heteroatoms. The van der Waals surface area contributed by atoms with Crippen LogP contribution < -0.4 is 0 Å². The Morgan fingerprint density at radius 2 is 1.33 bits per heavy atom. The van der Waals surface area contributed by atoms with E-state index < -0.39 is 0 Å². The van der Waals surface area contributed by atoms with Gasteiger partial charge >= 0.3 is 0 Å². The monoisotopic (exact) mass is 300 g/mol. The van der Waals surface area contributed by atoms with Crippen molar-refractivity contribution in [1.29, 1.82) is 0 Å². The van der Waals surface area contributed by atoms with Crippen molar-refractivity contribution in [2.75, 3.05) is 0 Å². The predicted molar refractivity (Wildman–Crippen MR) is 76.5 cm³/mol. The topological polar surface area (TPSA) is 69.8 Å². The molecule has 3 aromatic rings. The summed E-state index contributed by atoms with van der Waals surface area (Å²) < 4.78 is 3.22. The van der Waals surface area contributed by atoms with Gasteiger partial charge in [-0.2, -0.15) is 0 Å². The zero-order chi connectivity index (χ0) is 14.8. The fraction of sp³-hybridized carbons (Fsp3) is 0. The van der Waals surface area contributed by atoms with E-state index in [9.17, 15) is 9.59 Å². The lowest BCUT2D eigenvalue weighted by atomic mass is 10.2. The van der Waals surface area contributed by atoms with Crippen LogP contribution >= 0.6 is 11.6 Å². The highest BCUT2D eigenvalue weighted by atomic mass is 35.5. The first kappa shape index (κ1) is 13.3. The van der Waals surface area contributed by atoms with E-state index in [0.717, 1.165) is 0 Å². The van der Waals surface area contributed by atoms with Crippen molar-refractivity contribution in [3.63, 3.8) is 0 Å². The van der Waals surface area contributed by atoms with E-state index in [0.29, 0.717) is 29.0 Å². The summed E-state index contributed by atoms with van der Waals surface area (Å²) in [5.41, 5.74) is 1.34. The number of carbonyl (C=O) groups is 2. The molecule has 0 amide bonds. The van der Waals surface area contributed by atoms with Crippen LogP contribution in [0.2, 0.25) is 5.02 Å². The third-order valence-corrected chi connectivity index (χ3v) is 3.19. The molecule has 1 aromatic carbocycles. The van der Waals surface area contributed by atoms with Gasteiger partial charge in [0.05, 0.1) is 11.4 Å². The molecule has 0 aliphatic rings. The molecule has 0 N–H and O–H groups in total. The zero-order valence-corrected chi connectivity index (χ0v) is 11.4. The van der Waals surface area contributed by atoms with Crippen molar-refractivity contribution in [3.05, 3.63) is 59.7 Å². The highest BCUT2D eigenvalue weighted by molar-refractivity contribution is 6.31. The van der Waals surface area contributed by atoms with E-state index in [1.54, 1.807) is 39.7 Å². The summed E-state index contributed by atoms with van der Waals surface area (Å²) in [4.78, 5) is 29.9. The number of halogens is 1. The standard InChI is InChI=1S/C14H9ClN4O2/c15-10-5-11(18-3-1-16-13(18)8-20)7-12(6-10)19-4-2-17-14(19)9-21/h1-9H. The van der Waals surface area contributed by atoms with Crippen LogP contribution in [-0.4, -0.2) is 31.7 Å². The Bertz CT molecular complexity index is 758. The van der Waals surface area contributed by atoms with Crippen LogP contribution in [0, 0.1) is 0 Å². The van der Waals surface area contributed by atoms with Crippen LogP contribution in [0.25, 0.3) is 11.4 Å². The predicted octanol–water partition coefficient (Wildman–Crippen LogP) is 2.34. The molecule has 2 aromatic heterocycles. The molecule has 0 saturated carbocycles. The van der Waals surface area contributed by atoms with Crippen molar-refractivity contribution in [1.82, 2.24) is 19.1 Å². The molecule has 0 aliphatic carbocycles. The average Bonchev–Trinajstić information content (AvgIpc) is 3.14. The van der Waals surface area contributed by atoms with Gasteiger partial charge in [-0.1, -0.05) is 11.6 Å². The third-order valence-electron chi connectivity index (χ3n) is 2.97. The molecule has 0 aliphatic heterocycles. The first-order valence-corrected chi connectivity index (χ1v) is 6.39. The minimum atomic E-state index is 0.268. The number of imidazole rings is 2. The molecule has 0 atom stereocenters. The van der Waals surface area contributed by atoms with E-state index in [4.69, 9.17) is 11.6 Å². The molecule has 0 fully saturated rings. The van der Waals surface area contributed by atoms with E-state index in [1.807, 2.05) is 0 Å². The summed E-state index contributed by atoms with van der Waals surface area (Å²) in [6, 6.07) is 5.20. The van der Waals surface area contributed by atoms with E-state index in [1.165, 1.54) is 12.4 Å². The van der Waals surface area contributed by atoms with Gasteiger partial charge in [-0.15, -0.1) is 0 Å². The zero-order valence-electron chi connectivity index (χ0n) is 10.7. The smallest absolute Gasteiger partial charge is 0.185 e. The molecule has 21 heavy (non-hydrogen) atoms. The number of carbonyl (C=O) groups excluding carboxylic acids is 2. The summed E-state index contributed by atoms with van der Waals surface area (Å²) in [5.74, 6) is 0.536. The van der Waals surface area contributed by atoms with Gasteiger partial charge in [-0.25, -0.2) is 9.97 Å². The maximum atomic E-state index is 11.0. The lowest BCUT2D eigenvalue weighted by molar-refractivity contribution is 0.110. The normalized spacial score (nSPS) is 10.5. The van der Waals surface area contributed by atoms with Gasteiger partial charge in [0.1, 0.15) is 0 Å². The van der Waals surface area contributed by atoms with Gasteiger partial charge in [0, 0.05) is 29.8 Å². The largest absolute Gasteiger partial charge is 0.297 e. The van der Waals surface area contributed by atoms with Crippen LogP contribution in [0.3, 0.4) is 0 Å². The summed E-state index contributed by atoms with van der Waals surface area (Å²) in [7, 11) is 0. The molecule has 6 nitrogen and oxygen atoms in total. The van der Waals surface area contributed by atoms with Gasteiger partial charge in [0.15, 0.2) is 24.2 Å². The number of rotatable bonds is 4. The maximum absolute atomic E-state index is 11.0. The number of aromatic nitrogens is 4. The van der Waals surface area contributed by atoms with Crippen LogP contribution in [-0.2, 0) is 0 Å². The summed E-state index contributed by atoms with van der Waals surface area (Å²) >= 11 is 6.13. The first-order chi connectivity index (χ1) is 10.2. The van der Waals surface area contributed by atoms with Crippen LogP contribution in [0.1, 0.15) is 21.2 Å². The van der Waals surface area contributed by atoms with Crippen molar-refractivity contribution >= 4 is 24.2 Å². The van der Waals surface area contributed by atoms with E-state index in [-0.39, 0.29) is 11.6 Å². The van der Waals surface area contributed by atoms with Gasteiger partial charge < -0.3 is 0 Å². The second kappa shape index (κ2) is 5.34. The lowest BCUT2D eigenvalue weighted by Gasteiger charge is -2.10. The molecule has 0 saturated heterocycles. The van der Waals surface area contributed by atoms with Crippen molar-refractivity contribution in [3.8, 4) is 11.4 Å². The van der Waals surface area contributed by atoms with Gasteiger partial charge in [-0.3, -0.25) is 18.7 Å². The fourth-order valence-electron chi connectivity index (χ4n) is 2.08. The lowest BCUT2D eigenvalue weighted by Crippen LogP contribution is -2.03. The SMILES string of the molecule is O=Cc1nccn1-c1cc(Cl)cc(-n2ccnc2C=O)c1. The minimum absolute atomic E-state index is 0.268. The van der Waals surface area contributed by atoms with Gasteiger partial charge in [0.25, 0.3) is 0 Å². The average molecular weight is 301 g/mol. The summed E-state index contributed by atoms with van der Waals surface area (Å²) in [6.45, 7) is 0. The molecular weight excluding hydrogens is 292 g/mol. The molecule has 104 valence electrons. The Hall–Kier alpha value is -2.73. The summed E-state index contributed by atoms with van der Waals surface area (Å²) in [6.07, 6.45) is 7.70. The van der Waals surface area contributed by atoms with E-state index in [2.05, 4.69) is 9.97 Å². The van der Waals surface area contributed by atoms with E-state index >= 15 is 0 Å². The molecule has 2 heterocycles. The Morgan fingerprint density at radius 3 is 1.76 bits per heavy atom. The Balaban J connectivity index is 2.17. The number of hydrogen-bond donors (Lipinski definition) is 0. The molecule has 0 bridgehead atoms. The van der Waals surface area contributed by atoms with Gasteiger partial charge in [0.2, 0.25) is 0 Å². The first-order valence-electron chi connectivity index (χ1n) is 6.01. The summed E-state index contributed by atoms with van der Waals surface area (Å²) in [5, 5.41) is 0.471. The van der Waals surface area contributed by atoms with Crippen LogP contribution in [0.4, 0.5) is 0 Å². The number of aldehydes is 2. The molecular formula is C14H9ClN4O2. The quantitative estimate of drug-likeness (QED) is 0.693. The van der Waals surface area contributed by atoms with Crippen molar-refractivity contribution in [2.24, 2.45) is 0 Å². The number of hydrogen-bond acceptors (Lipinski definition) is 4. The highest BCUT2D eigenvalue weighted by Crippen LogP contribution is 2.22. The fourth-order valence-corrected chi connectivity index (χ4v) is 2.30. The molecule has 3 rings (SSSR count). The Morgan fingerprint density at radius 1 is 0.857 bits per heavy atom. The maximum Gasteiger partial charge on any atom is 0.185 e.